The number of amides is 1. The van der Waals surface area contributed by atoms with Gasteiger partial charge in [-0.25, -0.2) is 4.98 Å². The van der Waals surface area contributed by atoms with E-state index in [1.807, 2.05) is 18.2 Å². The van der Waals surface area contributed by atoms with Gasteiger partial charge in [0.15, 0.2) is 5.16 Å². The van der Waals surface area contributed by atoms with Crippen molar-refractivity contribution in [3.63, 3.8) is 0 Å². The van der Waals surface area contributed by atoms with Crippen molar-refractivity contribution in [3.05, 3.63) is 80.6 Å². The average molecular weight is 414 g/mol. The van der Waals surface area contributed by atoms with Gasteiger partial charge in [0.05, 0.1) is 5.56 Å². The van der Waals surface area contributed by atoms with Crippen LogP contribution < -0.4 is 10.9 Å². The first kappa shape index (κ1) is 18.6. The summed E-state index contributed by atoms with van der Waals surface area (Å²) in [6.07, 6.45) is 0.121. The van der Waals surface area contributed by atoms with Gasteiger partial charge >= 0.3 is 0 Å². The minimum Gasteiger partial charge on any atom is -0.508 e. The Morgan fingerprint density at radius 2 is 2.00 bits per heavy atom. The predicted octanol–water partition coefficient (Wildman–Crippen LogP) is 3.90. The SMILES string of the molecule is O=C1C[C@H](c2cccc(O)c2)c2c(nc(SCc3cccc(Cl)c3)[nH]c2=O)N1. The van der Waals surface area contributed by atoms with E-state index in [0.717, 1.165) is 5.56 Å². The largest absolute Gasteiger partial charge is 0.508 e. The van der Waals surface area contributed by atoms with E-state index in [0.29, 0.717) is 27.1 Å². The highest BCUT2D eigenvalue weighted by molar-refractivity contribution is 7.98. The van der Waals surface area contributed by atoms with Gasteiger partial charge in [-0.15, -0.1) is 0 Å². The fraction of sp³-hybridized carbons (Fsp3) is 0.150. The number of nitrogens with one attached hydrogen (secondary N) is 2. The van der Waals surface area contributed by atoms with E-state index in [-0.39, 0.29) is 29.5 Å². The smallest absolute Gasteiger partial charge is 0.257 e. The van der Waals surface area contributed by atoms with Gasteiger partial charge in [0, 0.05) is 23.1 Å². The number of phenolic OH excluding ortho intramolecular Hbond substituents is 1. The molecule has 8 heteroatoms. The molecule has 4 rings (SSSR count). The van der Waals surface area contributed by atoms with Crippen molar-refractivity contribution in [2.45, 2.75) is 23.2 Å². The summed E-state index contributed by atoms with van der Waals surface area (Å²) in [7, 11) is 0. The van der Waals surface area contributed by atoms with Crippen LogP contribution in [0.15, 0.2) is 58.5 Å². The molecule has 0 aliphatic carbocycles. The fourth-order valence-electron chi connectivity index (χ4n) is 3.22. The van der Waals surface area contributed by atoms with Crippen molar-refractivity contribution in [1.82, 2.24) is 9.97 Å². The van der Waals surface area contributed by atoms with Gasteiger partial charge in [-0.1, -0.05) is 47.6 Å². The molecule has 3 aromatic rings. The van der Waals surface area contributed by atoms with Crippen LogP contribution in [0.25, 0.3) is 0 Å². The third kappa shape index (κ3) is 3.90. The Hall–Kier alpha value is -2.77. The predicted molar refractivity (Wildman–Crippen MR) is 109 cm³/mol. The second-order valence-electron chi connectivity index (χ2n) is 6.45. The maximum Gasteiger partial charge on any atom is 0.257 e. The Bertz CT molecular complexity index is 1120. The lowest BCUT2D eigenvalue weighted by atomic mass is 9.87. The van der Waals surface area contributed by atoms with E-state index in [1.165, 1.54) is 11.8 Å². The molecule has 6 nitrogen and oxygen atoms in total. The number of fused-ring (bicyclic) bond motifs is 1. The highest BCUT2D eigenvalue weighted by atomic mass is 35.5. The van der Waals surface area contributed by atoms with Crippen LogP contribution in [0.3, 0.4) is 0 Å². The first-order valence-corrected chi connectivity index (χ1v) is 9.96. The highest BCUT2D eigenvalue weighted by Gasteiger charge is 2.31. The Kier molecular flexibility index (Phi) is 5.11. The Balaban J connectivity index is 1.66. The van der Waals surface area contributed by atoms with Crippen molar-refractivity contribution >= 4 is 35.1 Å². The van der Waals surface area contributed by atoms with Crippen LogP contribution in [0.2, 0.25) is 5.02 Å². The van der Waals surface area contributed by atoms with Gasteiger partial charge in [0.25, 0.3) is 5.56 Å². The minimum absolute atomic E-state index is 0.0862. The van der Waals surface area contributed by atoms with Crippen LogP contribution in [0, 0.1) is 0 Å². The molecule has 1 amide bonds. The zero-order valence-corrected chi connectivity index (χ0v) is 16.2. The Morgan fingerprint density at radius 3 is 2.79 bits per heavy atom. The third-order valence-corrected chi connectivity index (χ3v) is 5.65. The molecule has 2 aromatic carbocycles. The van der Waals surface area contributed by atoms with E-state index in [4.69, 9.17) is 11.6 Å². The fourth-order valence-corrected chi connectivity index (χ4v) is 4.24. The number of carbonyl (C=O) groups excluding carboxylic acids is 1. The molecular weight excluding hydrogens is 398 g/mol. The number of rotatable bonds is 4. The lowest BCUT2D eigenvalue weighted by Crippen LogP contribution is -2.31. The molecule has 0 fully saturated rings. The van der Waals surface area contributed by atoms with E-state index in [2.05, 4.69) is 15.3 Å². The summed E-state index contributed by atoms with van der Waals surface area (Å²) >= 11 is 7.35. The molecule has 0 saturated carbocycles. The quantitative estimate of drug-likeness (QED) is 0.445. The van der Waals surface area contributed by atoms with E-state index in [9.17, 15) is 14.7 Å². The second kappa shape index (κ2) is 7.69. The van der Waals surface area contributed by atoms with Gasteiger partial charge in [0.2, 0.25) is 5.91 Å². The number of aromatic amines is 1. The molecule has 1 aliphatic heterocycles. The Labute approximate surface area is 170 Å². The second-order valence-corrected chi connectivity index (χ2v) is 7.85. The molecule has 142 valence electrons. The summed E-state index contributed by atoms with van der Waals surface area (Å²) in [6.45, 7) is 0. The molecule has 0 radical (unpaired) electrons. The van der Waals surface area contributed by atoms with Crippen LogP contribution >= 0.6 is 23.4 Å². The number of benzene rings is 2. The molecule has 28 heavy (non-hydrogen) atoms. The molecule has 1 atom stereocenters. The zero-order valence-electron chi connectivity index (χ0n) is 14.6. The van der Waals surface area contributed by atoms with Crippen LogP contribution in [-0.4, -0.2) is 21.0 Å². The van der Waals surface area contributed by atoms with E-state index < -0.39 is 5.92 Å². The third-order valence-electron chi connectivity index (χ3n) is 4.47. The van der Waals surface area contributed by atoms with E-state index >= 15 is 0 Å². The van der Waals surface area contributed by atoms with Crippen LogP contribution in [0.5, 0.6) is 5.75 Å². The van der Waals surface area contributed by atoms with Crippen molar-refractivity contribution in [2.75, 3.05) is 5.32 Å². The van der Waals surface area contributed by atoms with Crippen molar-refractivity contribution in [1.29, 1.82) is 0 Å². The number of anilines is 1. The normalized spacial score (nSPS) is 15.8. The summed E-state index contributed by atoms with van der Waals surface area (Å²) in [5.74, 6) is 0.250. The van der Waals surface area contributed by atoms with Crippen LogP contribution in [0.4, 0.5) is 5.82 Å². The zero-order chi connectivity index (χ0) is 19.7. The summed E-state index contributed by atoms with van der Waals surface area (Å²) in [4.78, 5) is 32.2. The summed E-state index contributed by atoms with van der Waals surface area (Å²) in [5.41, 5.74) is 1.80. The van der Waals surface area contributed by atoms with Crippen LogP contribution in [0.1, 0.15) is 29.0 Å². The summed E-state index contributed by atoms with van der Waals surface area (Å²) < 4.78 is 0. The monoisotopic (exact) mass is 413 g/mol. The average Bonchev–Trinajstić information content (AvgIpc) is 2.65. The number of phenols is 1. The van der Waals surface area contributed by atoms with Crippen molar-refractivity contribution in [2.24, 2.45) is 0 Å². The van der Waals surface area contributed by atoms with Gasteiger partial charge in [-0.05, 0) is 35.4 Å². The number of thioether (sulfide) groups is 1. The molecule has 0 bridgehead atoms. The number of H-pyrrole nitrogens is 1. The van der Waals surface area contributed by atoms with Crippen LogP contribution in [-0.2, 0) is 10.5 Å². The molecule has 1 aliphatic rings. The number of hydrogen-bond donors (Lipinski definition) is 3. The highest BCUT2D eigenvalue weighted by Crippen LogP contribution is 2.35. The molecule has 0 saturated heterocycles. The van der Waals surface area contributed by atoms with Gasteiger partial charge in [-0.3, -0.25) is 9.59 Å². The minimum atomic E-state index is -0.459. The number of nitrogens with zero attached hydrogens (tertiary/aromatic N) is 1. The van der Waals surface area contributed by atoms with E-state index in [1.54, 1.807) is 30.3 Å². The molecule has 0 unspecified atom stereocenters. The number of halogens is 1. The lowest BCUT2D eigenvalue weighted by Gasteiger charge is -2.24. The Morgan fingerprint density at radius 1 is 1.18 bits per heavy atom. The van der Waals surface area contributed by atoms with Gasteiger partial charge < -0.3 is 15.4 Å². The summed E-state index contributed by atoms with van der Waals surface area (Å²) in [5, 5.41) is 13.5. The lowest BCUT2D eigenvalue weighted by molar-refractivity contribution is -0.116. The molecule has 3 N–H and O–H groups in total. The molecule has 0 spiro atoms. The maximum absolute atomic E-state index is 12.8. The first-order valence-electron chi connectivity index (χ1n) is 8.60. The maximum atomic E-state index is 12.8. The molecule has 1 aromatic heterocycles. The number of hydrogen-bond acceptors (Lipinski definition) is 5. The van der Waals surface area contributed by atoms with Crippen molar-refractivity contribution < 1.29 is 9.90 Å². The molecular formula is C20H16ClN3O3S. The van der Waals surface area contributed by atoms with Gasteiger partial charge in [-0.2, -0.15) is 0 Å². The standard InChI is InChI=1S/C20H16ClN3O3S/c21-13-5-1-3-11(7-13)10-28-20-23-18-17(19(27)24-20)15(9-16(26)22-18)12-4-2-6-14(25)8-12/h1-8,15,25H,9-10H2,(H2,22,23,24,26,27)/t15-/m1/s1. The topological polar surface area (TPSA) is 95.1 Å². The summed E-state index contributed by atoms with van der Waals surface area (Å²) in [6, 6.07) is 14.0. The first-order chi connectivity index (χ1) is 13.5. The number of aromatic nitrogens is 2. The van der Waals surface area contributed by atoms with Crippen molar-refractivity contribution in [3.8, 4) is 5.75 Å². The number of carbonyl (C=O) groups is 1. The number of aromatic hydroxyl groups is 1. The van der Waals surface area contributed by atoms with Gasteiger partial charge in [0.1, 0.15) is 11.6 Å². The molecule has 2 heterocycles.